The maximum Gasteiger partial charge on any atom is 0.147 e. The van der Waals surface area contributed by atoms with Gasteiger partial charge in [-0.2, -0.15) is 0 Å². The quantitative estimate of drug-likeness (QED) is 0.135. The van der Waals surface area contributed by atoms with Crippen molar-refractivity contribution in [3.63, 3.8) is 0 Å². The Morgan fingerprint density at radius 2 is 1.08 bits per heavy atom. The average Bonchev–Trinajstić information content (AvgIpc) is 2.92. The van der Waals surface area contributed by atoms with E-state index in [1.807, 2.05) is 98.8 Å². The Kier molecular flexibility index (Phi) is 14.3. The van der Waals surface area contributed by atoms with Crippen LogP contribution in [0.3, 0.4) is 0 Å². The van der Waals surface area contributed by atoms with Crippen LogP contribution in [0.25, 0.3) is 0 Å². The third-order valence-corrected chi connectivity index (χ3v) is 6.89. The van der Waals surface area contributed by atoms with Crippen LogP contribution >= 0.6 is 31.9 Å². The minimum atomic E-state index is -0.00825. The third-order valence-electron chi connectivity index (χ3n) is 5.35. The molecule has 0 aliphatic carbocycles. The molecule has 1 N–H and O–H groups in total. The lowest BCUT2D eigenvalue weighted by Crippen LogP contribution is -2.00. The van der Waals surface area contributed by atoms with Crippen molar-refractivity contribution in [2.24, 2.45) is 0 Å². The van der Waals surface area contributed by atoms with E-state index in [0.29, 0.717) is 20.0 Å². The van der Waals surface area contributed by atoms with Crippen LogP contribution in [-0.2, 0) is 22.7 Å². The summed E-state index contributed by atoms with van der Waals surface area (Å²) in [6, 6.07) is 27.2. The Balaban J connectivity index is 0.000000388. The van der Waals surface area contributed by atoms with Crippen LogP contribution in [0.15, 0.2) is 93.9 Å². The molecule has 0 radical (unpaired) electrons. The van der Waals surface area contributed by atoms with Crippen LogP contribution < -0.4 is 9.47 Å². The van der Waals surface area contributed by atoms with Gasteiger partial charge in [-0.3, -0.25) is 0 Å². The molecule has 0 aliphatic heterocycles. The van der Waals surface area contributed by atoms with E-state index >= 15 is 0 Å². The molecular formula is C32H38Br2O5. The fourth-order valence-electron chi connectivity index (χ4n) is 3.24. The standard InChI is InChI=1S/C17H19BrO3.C14H13BrO2.CH4.H2/c1-3-19-12-20-11-14-10-16(8-9-17(14)18)21-15-6-4-13(2)5-7-15;1-10-2-4-12(5-3-10)17-13-6-7-14(15)11(8-13)9-16;;/h4-10H,3,11-12H2,1-2H3;2-8,16H,9H2,1H3;1H4;1H/i;;;1+1. The molecule has 5 nitrogen and oxygen atoms in total. The summed E-state index contributed by atoms with van der Waals surface area (Å²) in [6.07, 6.45) is 0. The molecule has 7 heteroatoms. The first kappa shape index (κ1) is 32.5. The number of benzene rings is 4. The van der Waals surface area contributed by atoms with Gasteiger partial charge >= 0.3 is 0 Å². The van der Waals surface area contributed by atoms with Crippen molar-refractivity contribution in [2.75, 3.05) is 13.4 Å². The Bertz CT molecular complexity index is 1280. The Hall–Kier alpha value is -2.68. The first-order valence-corrected chi connectivity index (χ1v) is 13.8. The number of ether oxygens (including phenoxy) is 4. The summed E-state index contributed by atoms with van der Waals surface area (Å²) in [4.78, 5) is 0. The zero-order valence-electron chi connectivity index (χ0n) is 21.7. The van der Waals surface area contributed by atoms with E-state index in [1.54, 1.807) is 0 Å². The van der Waals surface area contributed by atoms with Crippen molar-refractivity contribution in [1.82, 2.24) is 0 Å². The highest BCUT2D eigenvalue weighted by atomic mass is 79.9. The van der Waals surface area contributed by atoms with Gasteiger partial charge in [-0.1, -0.05) is 74.7 Å². The molecule has 0 saturated carbocycles. The zero-order chi connectivity index (χ0) is 27.3. The number of aryl methyl sites for hydroxylation is 2. The number of rotatable bonds is 10. The molecule has 4 rings (SSSR count). The van der Waals surface area contributed by atoms with Crippen molar-refractivity contribution >= 4 is 31.9 Å². The van der Waals surface area contributed by atoms with Crippen molar-refractivity contribution in [2.45, 2.75) is 41.4 Å². The number of aliphatic hydroxyl groups excluding tert-OH is 1. The van der Waals surface area contributed by atoms with Gasteiger partial charge in [-0.15, -0.1) is 0 Å². The van der Waals surface area contributed by atoms with E-state index in [0.717, 1.165) is 43.1 Å². The summed E-state index contributed by atoms with van der Waals surface area (Å²) in [5.41, 5.74) is 4.25. The summed E-state index contributed by atoms with van der Waals surface area (Å²) >= 11 is 6.89. The van der Waals surface area contributed by atoms with Gasteiger partial charge in [0.05, 0.1) is 13.2 Å². The molecule has 0 amide bonds. The van der Waals surface area contributed by atoms with Gasteiger partial charge in [0.1, 0.15) is 29.8 Å². The van der Waals surface area contributed by atoms with Crippen LogP contribution in [0, 0.1) is 13.8 Å². The zero-order valence-corrected chi connectivity index (χ0v) is 24.9. The topological polar surface area (TPSA) is 57.2 Å². The van der Waals surface area contributed by atoms with Crippen LogP contribution in [0.2, 0.25) is 0 Å². The Morgan fingerprint density at radius 1 is 0.641 bits per heavy atom. The molecule has 39 heavy (non-hydrogen) atoms. The van der Waals surface area contributed by atoms with E-state index in [9.17, 15) is 0 Å². The lowest BCUT2D eigenvalue weighted by Gasteiger charge is -2.10. The number of halogens is 2. The molecular weight excluding hydrogens is 624 g/mol. The summed E-state index contributed by atoms with van der Waals surface area (Å²) in [5, 5.41) is 9.16. The summed E-state index contributed by atoms with van der Waals surface area (Å²) in [6.45, 7) is 7.45. The molecule has 4 aromatic rings. The monoisotopic (exact) mass is 661 g/mol. The second kappa shape index (κ2) is 17.1. The first-order chi connectivity index (χ1) is 18.4. The normalized spacial score (nSPS) is 10.2. The molecule has 210 valence electrons. The minimum absolute atomic E-state index is 0. The largest absolute Gasteiger partial charge is 0.457 e. The number of hydrogen-bond acceptors (Lipinski definition) is 5. The van der Waals surface area contributed by atoms with Gasteiger partial charge in [0, 0.05) is 17.0 Å². The number of hydrogen-bond donors (Lipinski definition) is 1. The first-order valence-electron chi connectivity index (χ1n) is 12.2. The fourth-order valence-corrected chi connectivity index (χ4v) is 3.97. The summed E-state index contributed by atoms with van der Waals surface area (Å²) in [7, 11) is 0. The van der Waals surface area contributed by atoms with Gasteiger partial charge < -0.3 is 24.1 Å². The van der Waals surface area contributed by atoms with Crippen molar-refractivity contribution in [3.8, 4) is 23.0 Å². The summed E-state index contributed by atoms with van der Waals surface area (Å²) in [5.74, 6) is 3.13. The van der Waals surface area contributed by atoms with E-state index in [2.05, 4.69) is 38.8 Å². The van der Waals surface area contributed by atoms with Crippen molar-refractivity contribution < 1.29 is 25.5 Å². The highest BCUT2D eigenvalue weighted by Gasteiger charge is 2.05. The predicted molar refractivity (Wildman–Crippen MR) is 167 cm³/mol. The lowest BCUT2D eigenvalue weighted by molar-refractivity contribution is -0.0573. The fraction of sp³-hybridized carbons (Fsp3) is 0.250. The highest BCUT2D eigenvalue weighted by Crippen LogP contribution is 2.28. The van der Waals surface area contributed by atoms with Gasteiger partial charge in [0.2, 0.25) is 0 Å². The van der Waals surface area contributed by atoms with Crippen molar-refractivity contribution in [1.29, 1.82) is 0 Å². The van der Waals surface area contributed by atoms with Crippen LogP contribution in [0.1, 0.15) is 38.0 Å². The predicted octanol–water partition coefficient (Wildman–Crippen LogP) is 9.98. The second-order valence-electron chi connectivity index (χ2n) is 8.45. The molecule has 0 saturated heterocycles. The second-order valence-corrected chi connectivity index (χ2v) is 10.2. The smallest absolute Gasteiger partial charge is 0.147 e. The maximum absolute atomic E-state index is 9.16. The van der Waals surface area contributed by atoms with Gasteiger partial charge in [-0.25, -0.2) is 0 Å². The molecule has 0 bridgehead atoms. The van der Waals surface area contributed by atoms with Gasteiger partial charge in [0.15, 0.2) is 0 Å². The third kappa shape index (κ3) is 11.1. The van der Waals surface area contributed by atoms with Gasteiger partial charge in [0.25, 0.3) is 0 Å². The molecule has 0 aliphatic rings. The maximum atomic E-state index is 9.16. The van der Waals surface area contributed by atoms with Crippen LogP contribution in [0.5, 0.6) is 23.0 Å². The molecule has 0 aromatic heterocycles. The molecule has 0 heterocycles. The van der Waals surface area contributed by atoms with Crippen molar-refractivity contribution in [3.05, 3.63) is 116 Å². The lowest BCUT2D eigenvalue weighted by atomic mass is 10.2. The van der Waals surface area contributed by atoms with Crippen LogP contribution in [-0.4, -0.2) is 18.5 Å². The minimum Gasteiger partial charge on any atom is -0.457 e. The Morgan fingerprint density at radius 3 is 1.54 bits per heavy atom. The number of aliphatic hydroxyl groups is 1. The molecule has 0 unspecified atom stereocenters. The molecule has 0 fully saturated rings. The average molecular weight is 663 g/mol. The van der Waals surface area contributed by atoms with E-state index in [1.165, 1.54) is 11.1 Å². The van der Waals surface area contributed by atoms with Crippen LogP contribution in [0.4, 0.5) is 0 Å². The van der Waals surface area contributed by atoms with E-state index < -0.39 is 0 Å². The molecule has 0 atom stereocenters. The Labute approximate surface area is 250 Å². The van der Waals surface area contributed by atoms with Gasteiger partial charge in [-0.05, 0) is 92.6 Å². The molecule has 0 spiro atoms. The SMILES string of the molecule is C.CCOCOCc1cc(Oc2ccc(C)cc2)ccc1Br.Cc1ccc(Oc2ccc(Br)c(CO)c2)cc1.[2HH]. The van der Waals surface area contributed by atoms with E-state index in [-0.39, 0.29) is 15.5 Å². The molecule has 4 aromatic carbocycles. The highest BCUT2D eigenvalue weighted by molar-refractivity contribution is 9.10. The van der Waals surface area contributed by atoms with E-state index in [4.69, 9.17) is 24.1 Å². The summed E-state index contributed by atoms with van der Waals surface area (Å²) < 4.78 is 24.0.